The third-order valence-electron chi connectivity index (χ3n) is 3.49. The molecule has 0 fully saturated rings. The maximum atomic E-state index is 12.6. The van der Waals surface area contributed by atoms with Gasteiger partial charge in [0.25, 0.3) is 5.91 Å². The SMILES string of the molecule is CC(C)NS(=O)(=O)c1cccc(C(=O)N(C)Cc2ccccc2Cl)c1. The zero-order chi connectivity index (χ0) is 18.6. The van der Waals surface area contributed by atoms with E-state index in [0.717, 1.165) is 5.56 Å². The van der Waals surface area contributed by atoms with E-state index in [1.165, 1.54) is 17.0 Å². The highest BCUT2D eigenvalue weighted by Gasteiger charge is 2.19. The summed E-state index contributed by atoms with van der Waals surface area (Å²) in [5.41, 5.74) is 1.13. The number of benzene rings is 2. The van der Waals surface area contributed by atoms with Crippen molar-refractivity contribution < 1.29 is 13.2 Å². The van der Waals surface area contributed by atoms with Crippen LogP contribution in [0.2, 0.25) is 5.02 Å². The number of carbonyl (C=O) groups is 1. The Bertz CT molecular complexity index is 866. The zero-order valence-electron chi connectivity index (χ0n) is 14.4. The Hall–Kier alpha value is -1.89. The molecule has 5 nitrogen and oxygen atoms in total. The van der Waals surface area contributed by atoms with Gasteiger partial charge in [-0.15, -0.1) is 0 Å². The maximum Gasteiger partial charge on any atom is 0.253 e. The number of nitrogens with one attached hydrogen (secondary N) is 1. The molecule has 134 valence electrons. The minimum atomic E-state index is -3.65. The van der Waals surface area contributed by atoms with Gasteiger partial charge in [0.1, 0.15) is 0 Å². The molecule has 1 N–H and O–H groups in total. The molecule has 1 amide bonds. The summed E-state index contributed by atoms with van der Waals surface area (Å²) in [5.74, 6) is -0.276. The molecule has 25 heavy (non-hydrogen) atoms. The second-order valence-electron chi connectivity index (χ2n) is 6.06. The molecule has 0 heterocycles. The van der Waals surface area contributed by atoms with Crippen LogP contribution < -0.4 is 4.72 Å². The van der Waals surface area contributed by atoms with Crippen molar-refractivity contribution in [2.45, 2.75) is 31.3 Å². The van der Waals surface area contributed by atoms with Gasteiger partial charge in [-0.2, -0.15) is 0 Å². The Morgan fingerprint density at radius 3 is 2.48 bits per heavy atom. The Labute approximate surface area is 153 Å². The first-order valence-electron chi connectivity index (χ1n) is 7.82. The van der Waals surface area contributed by atoms with Crippen LogP contribution >= 0.6 is 11.6 Å². The number of hydrogen-bond donors (Lipinski definition) is 1. The lowest BCUT2D eigenvalue weighted by Crippen LogP contribution is -2.31. The molecular weight excluding hydrogens is 360 g/mol. The number of carbonyl (C=O) groups excluding carboxylic acids is 1. The minimum absolute atomic E-state index is 0.0678. The average Bonchev–Trinajstić information content (AvgIpc) is 2.55. The van der Waals surface area contributed by atoms with E-state index < -0.39 is 10.0 Å². The van der Waals surface area contributed by atoms with Crippen molar-refractivity contribution in [2.75, 3.05) is 7.05 Å². The molecule has 0 saturated carbocycles. The first-order valence-corrected chi connectivity index (χ1v) is 9.68. The molecule has 0 radical (unpaired) electrons. The van der Waals surface area contributed by atoms with Crippen molar-refractivity contribution in [1.82, 2.24) is 9.62 Å². The molecular formula is C18H21ClN2O3S. The summed E-state index contributed by atoms with van der Waals surface area (Å²) < 4.78 is 27.0. The molecule has 0 saturated heterocycles. The third-order valence-corrected chi connectivity index (χ3v) is 5.52. The van der Waals surface area contributed by atoms with Crippen LogP contribution in [-0.2, 0) is 16.6 Å². The van der Waals surface area contributed by atoms with E-state index in [2.05, 4.69) is 4.72 Å². The number of nitrogens with zero attached hydrogens (tertiary/aromatic N) is 1. The van der Waals surface area contributed by atoms with Crippen LogP contribution in [0, 0.1) is 0 Å². The summed E-state index contributed by atoms with van der Waals surface area (Å²) in [7, 11) is -2.00. The first-order chi connectivity index (χ1) is 11.7. The molecule has 0 bridgehead atoms. The molecule has 0 aliphatic carbocycles. The fraction of sp³-hybridized carbons (Fsp3) is 0.278. The number of halogens is 1. The van der Waals surface area contributed by atoms with E-state index in [1.807, 2.05) is 18.2 Å². The van der Waals surface area contributed by atoms with Gasteiger partial charge >= 0.3 is 0 Å². The number of rotatable bonds is 6. The van der Waals surface area contributed by atoms with E-state index >= 15 is 0 Å². The predicted molar refractivity (Wildman–Crippen MR) is 99.1 cm³/mol. The van der Waals surface area contributed by atoms with Gasteiger partial charge in [-0.05, 0) is 43.7 Å². The Balaban J connectivity index is 2.22. The Morgan fingerprint density at radius 1 is 1.16 bits per heavy atom. The normalized spacial score (nSPS) is 11.6. The van der Waals surface area contributed by atoms with Crippen molar-refractivity contribution in [3.05, 3.63) is 64.7 Å². The molecule has 7 heteroatoms. The largest absolute Gasteiger partial charge is 0.337 e. The van der Waals surface area contributed by atoms with Crippen LogP contribution in [0.25, 0.3) is 0 Å². The van der Waals surface area contributed by atoms with Gasteiger partial charge in [-0.1, -0.05) is 35.9 Å². The molecule has 0 spiro atoms. The van der Waals surface area contributed by atoms with Crippen molar-refractivity contribution in [1.29, 1.82) is 0 Å². The van der Waals surface area contributed by atoms with Gasteiger partial charge in [0, 0.05) is 30.2 Å². The second kappa shape index (κ2) is 7.99. The predicted octanol–water partition coefficient (Wildman–Crippen LogP) is 3.30. The lowest BCUT2D eigenvalue weighted by atomic mass is 10.1. The molecule has 2 aromatic carbocycles. The van der Waals surface area contributed by atoms with Gasteiger partial charge in [-0.3, -0.25) is 4.79 Å². The topological polar surface area (TPSA) is 66.5 Å². The number of amides is 1. The van der Waals surface area contributed by atoms with E-state index in [1.54, 1.807) is 39.1 Å². The highest BCUT2D eigenvalue weighted by molar-refractivity contribution is 7.89. The molecule has 0 aromatic heterocycles. The van der Waals surface area contributed by atoms with Crippen LogP contribution in [0.3, 0.4) is 0 Å². The van der Waals surface area contributed by atoms with Crippen molar-refractivity contribution in [3.63, 3.8) is 0 Å². The molecule has 2 aromatic rings. The zero-order valence-corrected chi connectivity index (χ0v) is 15.9. The number of sulfonamides is 1. The highest BCUT2D eigenvalue weighted by atomic mass is 35.5. The van der Waals surface area contributed by atoms with Crippen LogP contribution in [0.4, 0.5) is 0 Å². The highest BCUT2D eigenvalue weighted by Crippen LogP contribution is 2.18. The van der Waals surface area contributed by atoms with Gasteiger partial charge in [0.2, 0.25) is 10.0 Å². The van der Waals surface area contributed by atoms with Crippen LogP contribution in [0.5, 0.6) is 0 Å². The van der Waals surface area contributed by atoms with Crippen molar-refractivity contribution in [3.8, 4) is 0 Å². The van der Waals surface area contributed by atoms with Gasteiger partial charge in [0.05, 0.1) is 4.90 Å². The minimum Gasteiger partial charge on any atom is -0.337 e. The molecule has 0 aliphatic heterocycles. The standard InChI is InChI=1S/C18H21ClN2O3S/c1-13(2)20-25(23,24)16-9-6-8-14(11-16)18(22)21(3)12-15-7-4-5-10-17(15)19/h4-11,13,20H,12H2,1-3H3. The summed E-state index contributed by atoms with van der Waals surface area (Å²) in [4.78, 5) is 14.2. The number of hydrogen-bond acceptors (Lipinski definition) is 3. The maximum absolute atomic E-state index is 12.6. The van der Waals surface area contributed by atoms with E-state index in [4.69, 9.17) is 11.6 Å². The summed E-state index contributed by atoms with van der Waals surface area (Å²) >= 11 is 6.13. The van der Waals surface area contributed by atoms with Gasteiger partial charge < -0.3 is 4.90 Å². The lowest BCUT2D eigenvalue weighted by molar-refractivity contribution is 0.0785. The first kappa shape index (κ1) is 19.4. The van der Waals surface area contributed by atoms with E-state index in [-0.39, 0.29) is 16.8 Å². The molecule has 0 aliphatic rings. The van der Waals surface area contributed by atoms with E-state index in [9.17, 15) is 13.2 Å². The third kappa shape index (κ3) is 5.04. The van der Waals surface area contributed by atoms with Crippen LogP contribution in [-0.4, -0.2) is 32.3 Å². The van der Waals surface area contributed by atoms with Gasteiger partial charge in [0.15, 0.2) is 0 Å². The fourth-order valence-electron chi connectivity index (χ4n) is 2.35. The average molecular weight is 381 g/mol. The van der Waals surface area contributed by atoms with Crippen molar-refractivity contribution >= 4 is 27.5 Å². The quantitative estimate of drug-likeness (QED) is 0.836. The summed E-state index contributed by atoms with van der Waals surface area (Å²) in [5, 5.41) is 0.583. The van der Waals surface area contributed by atoms with Crippen LogP contribution in [0.1, 0.15) is 29.8 Å². The Kier molecular flexibility index (Phi) is 6.21. The molecule has 0 atom stereocenters. The summed E-state index contributed by atoms with van der Waals surface area (Å²) in [6, 6.07) is 13.1. The fourth-order valence-corrected chi connectivity index (χ4v) is 3.84. The summed E-state index contributed by atoms with van der Waals surface area (Å²) in [6.45, 7) is 3.81. The van der Waals surface area contributed by atoms with Crippen molar-refractivity contribution in [2.24, 2.45) is 0 Å². The molecule has 2 rings (SSSR count). The molecule has 0 unspecified atom stereocenters. The van der Waals surface area contributed by atoms with E-state index in [0.29, 0.717) is 17.1 Å². The Morgan fingerprint density at radius 2 is 1.84 bits per heavy atom. The lowest BCUT2D eigenvalue weighted by Gasteiger charge is -2.18. The van der Waals surface area contributed by atoms with Crippen LogP contribution in [0.15, 0.2) is 53.4 Å². The smallest absolute Gasteiger partial charge is 0.253 e. The second-order valence-corrected chi connectivity index (χ2v) is 8.18. The summed E-state index contributed by atoms with van der Waals surface area (Å²) in [6.07, 6.45) is 0. The monoisotopic (exact) mass is 380 g/mol. The van der Waals surface area contributed by atoms with Gasteiger partial charge in [-0.25, -0.2) is 13.1 Å².